The molecule has 5 nitrogen and oxygen atoms in total. The van der Waals surface area contributed by atoms with Crippen LogP contribution in [-0.2, 0) is 4.74 Å². The van der Waals surface area contributed by atoms with Crippen LogP contribution in [0.3, 0.4) is 0 Å². The van der Waals surface area contributed by atoms with Crippen LogP contribution in [0.1, 0.15) is 40.0 Å². The maximum absolute atomic E-state index is 12.1. The maximum Gasteiger partial charge on any atom is 0.337 e. The smallest absolute Gasteiger partial charge is 0.337 e. The van der Waals surface area contributed by atoms with Gasteiger partial charge in [-0.2, -0.15) is 0 Å². The summed E-state index contributed by atoms with van der Waals surface area (Å²) in [5, 5.41) is 5.65. The molecule has 0 aliphatic rings. The molecule has 0 radical (unpaired) electrons. The highest BCUT2D eigenvalue weighted by Gasteiger charge is 2.11. The van der Waals surface area contributed by atoms with Crippen molar-refractivity contribution in [2.24, 2.45) is 0 Å². The van der Waals surface area contributed by atoms with Gasteiger partial charge in [-0.15, -0.1) is 0 Å². The molecule has 1 atom stereocenters. The number of urea groups is 1. The molecular formula is C19H22N2O3. The molecule has 5 heteroatoms. The fraction of sp³-hybridized carbons (Fsp3) is 0.263. The lowest BCUT2D eigenvalue weighted by atomic mass is 10.0. The van der Waals surface area contributed by atoms with Crippen molar-refractivity contribution in [1.29, 1.82) is 0 Å². The Balaban J connectivity index is 1.97. The molecule has 0 aliphatic heterocycles. The summed E-state index contributed by atoms with van der Waals surface area (Å²) in [5.74, 6) is -0.408. The first-order valence-corrected chi connectivity index (χ1v) is 7.73. The molecule has 2 aromatic carbocycles. The predicted octanol–water partition coefficient (Wildman–Crippen LogP) is 3.97. The lowest BCUT2D eigenvalue weighted by molar-refractivity contribution is 0.0601. The van der Waals surface area contributed by atoms with Gasteiger partial charge in [0, 0.05) is 5.69 Å². The summed E-state index contributed by atoms with van der Waals surface area (Å²) < 4.78 is 4.64. The molecular weight excluding hydrogens is 304 g/mol. The Bertz CT molecular complexity index is 739. The number of amides is 2. The molecule has 0 fully saturated rings. The van der Waals surface area contributed by atoms with E-state index in [4.69, 9.17) is 0 Å². The Hall–Kier alpha value is -2.82. The zero-order valence-corrected chi connectivity index (χ0v) is 14.3. The monoisotopic (exact) mass is 326 g/mol. The van der Waals surface area contributed by atoms with E-state index in [0.29, 0.717) is 11.3 Å². The van der Waals surface area contributed by atoms with Gasteiger partial charge in [0.25, 0.3) is 0 Å². The maximum atomic E-state index is 12.1. The van der Waals surface area contributed by atoms with Crippen LogP contribution in [0.25, 0.3) is 0 Å². The lowest BCUT2D eigenvalue weighted by Crippen LogP contribution is -2.31. The third kappa shape index (κ3) is 4.35. The lowest BCUT2D eigenvalue weighted by Gasteiger charge is -2.16. The van der Waals surface area contributed by atoms with E-state index in [9.17, 15) is 9.59 Å². The van der Waals surface area contributed by atoms with Gasteiger partial charge in [0.05, 0.1) is 18.7 Å². The Morgan fingerprint density at radius 2 is 1.67 bits per heavy atom. The Morgan fingerprint density at radius 3 is 2.25 bits per heavy atom. The van der Waals surface area contributed by atoms with Crippen LogP contribution in [0.5, 0.6) is 0 Å². The first kappa shape index (κ1) is 17.5. The summed E-state index contributed by atoms with van der Waals surface area (Å²) in [4.78, 5) is 23.5. The molecule has 0 unspecified atom stereocenters. The molecule has 126 valence electrons. The van der Waals surface area contributed by atoms with Crippen molar-refractivity contribution in [3.8, 4) is 0 Å². The van der Waals surface area contributed by atoms with Gasteiger partial charge in [0.15, 0.2) is 0 Å². The normalized spacial score (nSPS) is 11.5. The number of esters is 1. The summed E-state index contributed by atoms with van der Waals surface area (Å²) in [6.07, 6.45) is 0. The Kier molecular flexibility index (Phi) is 5.58. The average molecular weight is 326 g/mol. The van der Waals surface area contributed by atoms with Crippen molar-refractivity contribution in [2.45, 2.75) is 26.8 Å². The van der Waals surface area contributed by atoms with Gasteiger partial charge in [0.1, 0.15) is 0 Å². The summed E-state index contributed by atoms with van der Waals surface area (Å²) >= 11 is 0. The number of aryl methyl sites for hydroxylation is 2. The minimum atomic E-state index is -0.408. The average Bonchev–Trinajstić information content (AvgIpc) is 2.57. The van der Waals surface area contributed by atoms with Crippen molar-refractivity contribution in [3.05, 3.63) is 64.7 Å². The van der Waals surface area contributed by atoms with Gasteiger partial charge in [-0.05, 0) is 61.7 Å². The van der Waals surface area contributed by atoms with Crippen LogP contribution in [0, 0.1) is 13.8 Å². The minimum Gasteiger partial charge on any atom is -0.465 e. The van der Waals surface area contributed by atoms with Crippen LogP contribution in [-0.4, -0.2) is 19.1 Å². The van der Waals surface area contributed by atoms with Gasteiger partial charge in [-0.1, -0.05) is 18.2 Å². The van der Waals surface area contributed by atoms with E-state index in [0.717, 1.165) is 5.56 Å². The van der Waals surface area contributed by atoms with Gasteiger partial charge >= 0.3 is 12.0 Å². The van der Waals surface area contributed by atoms with Gasteiger partial charge in [0.2, 0.25) is 0 Å². The highest BCUT2D eigenvalue weighted by Crippen LogP contribution is 2.17. The molecule has 2 amide bonds. The fourth-order valence-electron chi connectivity index (χ4n) is 2.29. The molecule has 2 aromatic rings. The number of hydrogen-bond donors (Lipinski definition) is 2. The number of ether oxygens (including phenoxy) is 1. The molecule has 0 spiro atoms. The summed E-state index contributed by atoms with van der Waals surface area (Å²) in [7, 11) is 1.33. The van der Waals surface area contributed by atoms with Crippen LogP contribution < -0.4 is 10.6 Å². The summed E-state index contributed by atoms with van der Waals surface area (Å²) in [6.45, 7) is 6.04. The highest BCUT2D eigenvalue weighted by molar-refractivity contribution is 5.92. The second-order valence-electron chi connectivity index (χ2n) is 5.73. The largest absolute Gasteiger partial charge is 0.465 e. The van der Waals surface area contributed by atoms with E-state index >= 15 is 0 Å². The number of carbonyl (C=O) groups excluding carboxylic acids is 2. The molecule has 2 rings (SSSR count). The van der Waals surface area contributed by atoms with Crippen molar-refractivity contribution < 1.29 is 14.3 Å². The number of nitrogens with one attached hydrogen (secondary N) is 2. The zero-order chi connectivity index (χ0) is 17.7. The molecule has 2 N–H and O–H groups in total. The van der Waals surface area contributed by atoms with Crippen LogP contribution in [0.15, 0.2) is 42.5 Å². The Labute approximate surface area is 142 Å². The number of benzene rings is 2. The van der Waals surface area contributed by atoms with Crippen molar-refractivity contribution >= 4 is 17.7 Å². The van der Waals surface area contributed by atoms with Gasteiger partial charge in [-0.25, -0.2) is 9.59 Å². The Morgan fingerprint density at radius 1 is 1.00 bits per heavy atom. The molecule has 24 heavy (non-hydrogen) atoms. The topological polar surface area (TPSA) is 67.4 Å². The number of hydrogen-bond acceptors (Lipinski definition) is 3. The second kappa shape index (κ2) is 7.64. The minimum absolute atomic E-state index is 0.112. The van der Waals surface area contributed by atoms with Crippen molar-refractivity contribution in [2.75, 3.05) is 12.4 Å². The van der Waals surface area contributed by atoms with Crippen molar-refractivity contribution in [3.63, 3.8) is 0 Å². The highest BCUT2D eigenvalue weighted by atomic mass is 16.5. The van der Waals surface area contributed by atoms with Crippen molar-refractivity contribution in [1.82, 2.24) is 5.32 Å². The first-order chi connectivity index (χ1) is 11.4. The molecule has 0 saturated carbocycles. The van der Waals surface area contributed by atoms with E-state index in [1.165, 1.54) is 18.2 Å². The predicted molar refractivity (Wildman–Crippen MR) is 94.3 cm³/mol. The van der Waals surface area contributed by atoms with Gasteiger partial charge < -0.3 is 15.4 Å². The first-order valence-electron chi connectivity index (χ1n) is 7.73. The van der Waals surface area contributed by atoms with E-state index in [2.05, 4.69) is 35.3 Å². The summed E-state index contributed by atoms with van der Waals surface area (Å²) in [6, 6.07) is 12.3. The van der Waals surface area contributed by atoms with E-state index in [1.807, 2.05) is 19.1 Å². The summed E-state index contributed by atoms with van der Waals surface area (Å²) in [5.41, 5.74) is 4.51. The van der Waals surface area contributed by atoms with E-state index < -0.39 is 5.97 Å². The molecule has 0 aromatic heterocycles. The van der Waals surface area contributed by atoms with Crippen LogP contribution in [0.2, 0.25) is 0 Å². The number of carbonyl (C=O) groups is 2. The SMILES string of the molecule is COC(=O)c1ccc(NC(=O)N[C@@H](C)c2ccc(C)c(C)c2)cc1. The molecule has 0 aliphatic carbocycles. The zero-order valence-electron chi connectivity index (χ0n) is 14.3. The van der Waals surface area contributed by atoms with E-state index in [-0.39, 0.29) is 12.1 Å². The van der Waals surface area contributed by atoms with E-state index in [1.54, 1.807) is 24.3 Å². The third-order valence-electron chi connectivity index (χ3n) is 3.94. The molecule has 0 bridgehead atoms. The van der Waals surface area contributed by atoms with Gasteiger partial charge in [-0.3, -0.25) is 0 Å². The number of anilines is 1. The van der Waals surface area contributed by atoms with Crippen LogP contribution in [0.4, 0.5) is 10.5 Å². The molecule has 0 heterocycles. The second-order valence-corrected chi connectivity index (χ2v) is 5.73. The quantitative estimate of drug-likeness (QED) is 0.835. The number of rotatable bonds is 4. The number of methoxy groups -OCH3 is 1. The molecule has 0 saturated heterocycles. The standard InChI is InChI=1S/C19H22N2O3/c1-12-5-6-16(11-13(12)2)14(3)20-19(23)21-17-9-7-15(8-10-17)18(22)24-4/h5-11,14H,1-4H3,(H2,20,21,23)/t14-/m0/s1. The fourth-order valence-corrected chi connectivity index (χ4v) is 2.29. The third-order valence-corrected chi connectivity index (χ3v) is 3.94. The van der Waals surface area contributed by atoms with Crippen LogP contribution >= 0.6 is 0 Å².